The van der Waals surface area contributed by atoms with Crippen molar-refractivity contribution in [2.24, 2.45) is 0 Å². The quantitative estimate of drug-likeness (QED) is 0.164. The number of nitriles is 1. The van der Waals surface area contributed by atoms with Crippen molar-refractivity contribution in [3.63, 3.8) is 0 Å². The molecular formula is C42H21F12N3. The summed E-state index contributed by atoms with van der Waals surface area (Å²) >= 11 is 0. The van der Waals surface area contributed by atoms with E-state index in [-0.39, 0.29) is 60.5 Å². The Morgan fingerprint density at radius 1 is 0.439 bits per heavy atom. The van der Waals surface area contributed by atoms with Crippen LogP contribution in [0.25, 0.3) is 66.1 Å². The van der Waals surface area contributed by atoms with Crippen molar-refractivity contribution in [2.45, 2.75) is 31.6 Å². The smallest absolute Gasteiger partial charge is 0.307 e. The first-order valence-corrected chi connectivity index (χ1v) is 16.8. The molecular weight excluding hydrogens is 774 g/mol. The maximum atomic E-state index is 14.1. The molecule has 0 spiro atoms. The van der Waals surface area contributed by atoms with E-state index in [1.54, 1.807) is 43.3 Å². The summed E-state index contributed by atoms with van der Waals surface area (Å²) in [4.78, 5) is 0. The molecule has 0 aliphatic heterocycles. The van der Waals surface area contributed by atoms with Gasteiger partial charge < -0.3 is 9.13 Å². The van der Waals surface area contributed by atoms with Crippen LogP contribution in [0.5, 0.6) is 0 Å². The van der Waals surface area contributed by atoms with Crippen molar-refractivity contribution in [1.29, 1.82) is 5.26 Å². The number of aryl methyl sites for hydroxylation is 1. The summed E-state index contributed by atoms with van der Waals surface area (Å²) in [5.41, 5.74) is -2.58. The minimum Gasteiger partial charge on any atom is -0.307 e. The van der Waals surface area contributed by atoms with Gasteiger partial charge in [-0.1, -0.05) is 12.1 Å². The topological polar surface area (TPSA) is 33.6 Å². The summed E-state index contributed by atoms with van der Waals surface area (Å²) in [7, 11) is 0. The summed E-state index contributed by atoms with van der Waals surface area (Å²) < 4.78 is 171. The zero-order valence-electron chi connectivity index (χ0n) is 28.8. The van der Waals surface area contributed by atoms with Crippen LogP contribution in [0.2, 0.25) is 0 Å². The Bertz CT molecular complexity index is 2840. The van der Waals surface area contributed by atoms with Crippen molar-refractivity contribution in [3.05, 3.63) is 143 Å². The Balaban J connectivity index is 1.56. The summed E-state index contributed by atoms with van der Waals surface area (Å²) in [5.74, 6) is 0. The van der Waals surface area contributed by atoms with Crippen LogP contribution < -0.4 is 0 Å². The SMILES string of the molecule is Cc1cc(-n2c3ccc(C(F)(F)F)cc3c3cc(C(F)(F)F)ccc32)c(-n2c3ccc(C(F)(F)F)cc3c3cc(C(F)(F)F)ccc32)cc1-c1cccc(C#N)c1. The molecule has 0 radical (unpaired) electrons. The molecule has 0 fully saturated rings. The molecule has 6 aromatic carbocycles. The van der Waals surface area contributed by atoms with E-state index >= 15 is 0 Å². The van der Waals surface area contributed by atoms with E-state index in [2.05, 4.69) is 0 Å². The number of alkyl halides is 12. The summed E-state index contributed by atoms with van der Waals surface area (Å²) in [6.45, 7) is 1.66. The van der Waals surface area contributed by atoms with Gasteiger partial charge in [0.2, 0.25) is 0 Å². The predicted molar refractivity (Wildman–Crippen MR) is 190 cm³/mol. The fourth-order valence-corrected chi connectivity index (χ4v) is 7.38. The van der Waals surface area contributed by atoms with Crippen molar-refractivity contribution >= 4 is 43.6 Å². The van der Waals surface area contributed by atoms with Crippen LogP contribution in [0, 0.1) is 18.3 Å². The Hall–Kier alpha value is -6.43. The zero-order chi connectivity index (χ0) is 41.0. The lowest BCUT2D eigenvalue weighted by Gasteiger charge is -2.20. The van der Waals surface area contributed by atoms with Crippen LogP contribution in [0.1, 0.15) is 33.4 Å². The molecule has 2 heterocycles. The molecule has 0 aliphatic carbocycles. The van der Waals surface area contributed by atoms with Gasteiger partial charge in [-0.15, -0.1) is 0 Å². The van der Waals surface area contributed by atoms with Crippen LogP contribution in [-0.2, 0) is 24.7 Å². The number of hydrogen-bond acceptors (Lipinski definition) is 1. The molecule has 2 aromatic heterocycles. The second-order valence-corrected chi connectivity index (χ2v) is 13.4. The Morgan fingerprint density at radius 2 is 0.789 bits per heavy atom. The van der Waals surface area contributed by atoms with Crippen molar-refractivity contribution < 1.29 is 52.7 Å². The van der Waals surface area contributed by atoms with E-state index in [0.29, 0.717) is 16.7 Å². The lowest BCUT2D eigenvalue weighted by atomic mass is 9.97. The monoisotopic (exact) mass is 795 g/mol. The molecule has 57 heavy (non-hydrogen) atoms. The van der Waals surface area contributed by atoms with Gasteiger partial charge in [-0.2, -0.15) is 57.9 Å². The average molecular weight is 796 g/mol. The normalized spacial score (nSPS) is 13.0. The third-order valence-corrected chi connectivity index (χ3v) is 9.95. The van der Waals surface area contributed by atoms with Crippen LogP contribution in [0.3, 0.4) is 0 Å². The highest BCUT2D eigenvalue weighted by Gasteiger charge is 2.36. The summed E-state index contributed by atoms with van der Waals surface area (Å²) in [6.07, 6.45) is -19.5. The molecule has 0 bridgehead atoms. The third-order valence-electron chi connectivity index (χ3n) is 9.95. The van der Waals surface area contributed by atoms with Gasteiger partial charge in [0, 0.05) is 21.5 Å². The highest BCUT2D eigenvalue weighted by Crippen LogP contribution is 2.45. The van der Waals surface area contributed by atoms with Gasteiger partial charge in [0.25, 0.3) is 0 Å². The second kappa shape index (κ2) is 12.5. The van der Waals surface area contributed by atoms with E-state index in [9.17, 15) is 57.9 Å². The van der Waals surface area contributed by atoms with E-state index in [1.807, 2.05) is 6.07 Å². The molecule has 0 N–H and O–H groups in total. The molecule has 15 heteroatoms. The average Bonchev–Trinajstić information content (AvgIpc) is 3.64. The van der Waals surface area contributed by atoms with Crippen LogP contribution in [0.4, 0.5) is 52.7 Å². The van der Waals surface area contributed by atoms with Gasteiger partial charge in [-0.05, 0) is 121 Å². The molecule has 0 saturated heterocycles. The maximum absolute atomic E-state index is 14.1. The van der Waals surface area contributed by atoms with Crippen molar-refractivity contribution in [1.82, 2.24) is 9.13 Å². The van der Waals surface area contributed by atoms with E-state index in [4.69, 9.17) is 0 Å². The number of halogens is 12. The largest absolute Gasteiger partial charge is 0.416 e. The number of benzene rings is 6. The van der Waals surface area contributed by atoms with E-state index in [1.165, 1.54) is 9.13 Å². The zero-order valence-corrected chi connectivity index (χ0v) is 28.8. The maximum Gasteiger partial charge on any atom is 0.416 e. The molecule has 0 aliphatic rings. The van der Waals surface area contributed by atoms with Gasteiger partial charge in [-0.25, -0.2) is 0 Å². The Kier molecular flexibility index (Phi) is 8.25. The van der Waals surface area contributed by atoms with Gasteiger partial charge in [-0.3, -0.25) is 0 Å². The molecule has 0 unspecified atom stereocenters. The minimum absolute atomic E-state index is 0.0126. The van der Waals surface area contributed by atoms with Gasteiger partial charge in [0.05, 0.1) is 67.3 Å². The molecule has 0 saturated carbocycles. The second-order valence-electron chi connectivity index (χ2n) is 13.4. The third kappa shape index (κ3) is 6.29. The highest BCUT2D eigenvalue weighted by molar-refractivity contribution is 6.12. The van der Waals surface area contributed by atoms with Gasteiger partial charge in [0.1, 0.15) is 0 Å². The molecule has 8 aromatic rings. The predicted octanol–water partition coefficient (Wildman–Crippen LogP) is 13.8. The summed E-state index contributed by atoms with van der Waals surface area (Å²) in [6, 6.07) is 21.8. The van der Waals surface area contributed by atoms with E-state index in [0.717, 1.165) is 72.8 Å². The number of rotatable bonds is 3. The molecule has 0 amide bonds. The van der Waals surface area contributed by atoms with Crippen LogP contribution >= 0.6 is 0 Å². The number of hydrogen-bond donors (Lipinski definition) is 0. The number of nitrogens with zero attached hydrogens (tertiary/aromatic N) is 3. The minimum atomic E-state index is -4.88. The molecule has 288 valence electrons. The van der Waals surface area contributed by atoms with Crippen molar-refractivity contribution in [3.8, 4) is 28.6 Å². The number of fused-ring (bicyclic) bond motifs is 6. The Morgan fingerprint density at radius 3 is 1.12 bits per heavy atom. The van der Waals surface area contributed by atoms with Crippen molar-refractivity contribution in [2.75, 3.05) is 0 Å². The van der Waals surface area contributed by atoms with Gasteiger partial charge >= 0.3 is 24.7 Å². The lowest BCUT2D eigenvalue weighted by molar-refractivity contribution is -0.138. The fraction of sp³-hybridized carbons (Fsp3) is 0.119. The first-order valence-electron chi connectivity index (χ1n) is 16.8. The fourth-order valence-electron chi connectivity index (χ4n) is 7.38. The first kappa shape index (κ1) is 37.5. The molecule has 8 rings (SSSR count). The van der Waals surface area contributed by atoms with Crippen LogP contribution in [0.15, 0.2) is 109 Å². The molecule has 3 nitrogen and oxygen atoms in total. The van der Waals surface area contributed by atoms with Crippen LogP contribution in [-0.4, -0.2) is 9.13 Å². The van der Waals surface area contributed by atoms with Gasteiger partial charge in [0.15, 0.2) is 0 Å². The summed E-state index contributed by atoms with van der Waals surface area (Å²) in [5, 5.41) is 8.81. The van der Waals surface area contributed by atoms with E-state index < -0.39 is 47.0 Å². The standard InChI is InChI=1S/C42H21F12N3/c1-21-13-37(56-33-9-5-24(39(43,44)45)15-29(33)30-16-25(40(46,47)48)6-10-34(30)56)38(19-28(21)23-4-2-3-22(14-23)20-55)57-35-11-7-26(41(49,50)51)17-31(35)32-18-27(42(52,53)54)8-12-36(32)57/h2-19H,1H3. The highest BCUT2D eigenvalue weighted by atomic mass is 19.4. The molecule has 0 atom stereocenters. The number of aromatic nitrogens is 2. The first-order chi connectivity index (χ1) is 26.6. The Labute approximate surface area is 313 Å². The lowest BCUT2D eigenvalue weighted by Crippen LogP contribution is -2.07.